The molecule has 1 aromatic heterocycles. The topological polar surface area (TPSA) is 65.2 Å². The van der Waals surface area contributed by atoms with Crippen molar-refractivity contribution in [2.45, 2.75) is 25.8 Å². The van der Waals surface area contributed by atoms with Crippen molar-refractivity contribution in [3.05, 3.63) is 59.4 Å². The predicted octanol–water partition coefficient (Wildman–Crippen LogP) is 2.11. The van der Waals surface area contributed by atoms with Crippen molar-refractivity contribution >= 4 is 11.8 Å². The highest BCUT2D eigenvalue weighted by atomic mass is 16.2. The van der Waals surface area contributed by atoms with Crippen LogP contribution in [-0.2, 0) is 17.8 Å². The lowest BCUT2D eigenvalue weighted by atomic mass is 9.73. The third kappa shape index (κ3) is 2.50. The van der Waals surface area contributed by atoms with Gasteiger partial charge in [0.05, 0.1) is 5.41 Å². The van der Waals surface area contributed by atoms with Gasteiger partial charge in [0.1, 0.15) is 5.69 Å². The van der Waals surface area contributed by atoms with E-state index in [4.69, 9.17) is 0 Å². The SMILES string of the molecule is O=C(c1ccc[nH]1)N1CCC2(CC1)Cc1ccccc1CNC2=O. The molecule has 3 heterocycles. The molecule has 0 bridgehead atoms. The monoisotopic (exact) mass is 323 g/mol. The van der Waals surface area contributed by atoms with E-state index in [1.807, 2.05) is 23.1 Å². The predicted molar refractivity (Wildman–Crippen MR) is 90.4 cm³/mol. The summed E-state index contributed by atoms with van der Waals surface area (Å²) >= 11 is 0. The molecule has 4 rings (SSSR count). The van der Waals surface area contributed by atoms with Gasteiger partial charge in [0.2, 0.25) is 5.91 Å². The maximum absolute atomic E-state index is 12.7. The van der Waals surface area contributed by atoms with Crippen molar-refractivity contribution in [3.63, 3.8) is 0 Å². The lowest BCUT2D eigenvalue weighted by Gasteiger charge is -2.40. The summed E-state index contributed by atoms with van der Waals surface area (Å²) in [6.07, 6.45) is 3.94. The number of nitrogens with one attached hydrogen (secondary N) is 2. The Hall–Kier alpha value is -2.56. The van der Waals surface area contributed by atoms with Gasteiger partial charge in [0.25, 0.3) is 5.91 Å². The molecule has 124 valence electrons. The van der Waals surface area contributed by atoms with E-state index in [0.29, 0.717) is 38.2 Å². The normalized spacial score (nSPS) is 19.5. The molecule has 2 aliphatic heterocycles. The minimum absolute atomic E-state index is 0.0179. The highest BCUT2D eigenvalue weighted by Crippen LogP contribution is 2.38. The first-order valence-corrected chi connectivity index (χ1v) is 8.46. The summed E-state index contributed by atoms with van der Waals surface area (Å²) in [5, 5.41) is 3.08. The lowest BCUT2D eigenvalue weighted by Crippen LogP contribution is -2.50. The highest BCUT2D eigenvalue weighted by molar-refractivity contribution is 5.93. The second-order valence-corrected chi connectivity index (χ2v) is 6.78. The fraction of sp³-hybridized carbons (Fsp3) is 0.368. The zero-order valence-corrected chi connectivity index (χ0v) is 13.5. The smallest absolute Gasteiger partial charge is 0.270 e. The summed E-state index contributed by atoms with van der Waals surface area (Å²) in [4.78, 5) is 30.0. The quantitative estimate of drug-likeness (QED) is 0.844. The second kappa shape index (κ2) is 5.82. The van der Waals surface area contributed by atoms with Gasteiger partial charge in [-0.05, 0) is 42.5 Å². The molecule has 1 saturated heterocycles. The number of aromatic nitrogens is 1. The number of piperidine rings is 1. The Bertz CT molecular complexity index is 759. The van der Waals surface area contributed by atoms with Crippen LogP contribution < -0.4 is 5.32 Å². The van der Waals surface area contributed by atoms with Crippen LogP contribution in [0.25, 0.3) is 0 Å². The minimum atomic E-state index is -0.390. The number of carbonyl (C=O) groups is 2. The number of rotatable bonds is 1. The van der Waals surface area contributed by atoms with Crippen LogP contribution in [0.2, 0.25) is 0 Å². The zero-order chi connectivity index (χ0) is 16.6. The van der Waals surface area contributed by atoms with E-state index in [1.54, 1.807) is 12.3 Å². The molecule has 0 unspecified atom stereocenters. The minimum Gasteiger partial charge on any atom is -0.357 e. The third-order valence-corrected chi connectivity index (χ3v) is 5.40. The van der Waals surface area contributed by atoms with E-state index in [1.165, 1.54) is 11.1 Å². The average Bonchev–Trinajstić information content (AvgIpc) is 3.11. The van der Waals surface area contributed by atoms with E-state index in [9.17, 15) is 9.59 Å². The number of nitrogens with zero attached hydrogens (tertiary/aromatic N) is 1. The van der Waals surface area contributed by atoms with Crippen molar-refractivity contribution in [2.75, 3.05) is 13.1 Å². The molecule has 0 aliphatic carbocycles. The number of hydrogen-bond donors (Lipinski definition) is 2. The first-order chi connectivity index (χ1) is 11.7. The van der Waals surface area contributed by atoms with Crippen LogP contribution in [-0.4, -0.2) is 34.8 Å². The first kappa shape index (κ1) is 15.0. The molecule has 24 heavy (non-hydrogen) atoms. The van der Waals surface area contributed by atoms with Gasteiger partial charge in [-0.3, -0.25) is 9.59 Å². The van der Waals surface area contributed by atoms with Gasteiger partial charge in [-0.15, -0.1) is 0 Å². The Kier molecular flexibility index (Phi) is 3.63. The van der Waals surface area contributed by atoms with Gasteiger partial charge in [-0.25, -0.2) is 0 Å². The number of carbonyl (C=O) groups excluding carboxylic acids is 2. The van der Waals surface area contributed by atoms with Crippen LogP contribution in [0.4, 0.5) is 0 Å². The van der Waals surface area contributed by atoms with Crippen molar-refractivity contribution in [1.29, 1.82) is 0 Å². The molecule has 2 N–H and O–H groups in total. The Balaban J connectivity index is 1.53. The second-order valence-electron chi connectivity index (χ2n) is 6.78. The van der Waals surface area contributed by atoms with Gasteiger partial charge < -0.3 is 15.2 Å². The fourth-order valence-electron chi connectivity index (χ4n) is 3.89. The molecule has 1 spiro atoms. The number of benzene rings is 1. The van der Waals surface area contributed by atoms with Gasteiger partial charge in [-0.1, -0.05) is 24.3 Å². The van der Waals surface area contributed by atoms with Crippen LogP contribution in [0.3, 0.4) is 0 Å². The molecule has 5 heteroatoms. The van der Waals surface area contributed by atoms with Crippen molar-refractivity contribution in [2.24, 2.45) is 5.41 Å². The number of hydrogen-bond acceptors (Lipinski definition) is 2. The third-order valence-electron chi connectivity index (χ3n) is 5.40. The van der Waals surface area contributed by atoms with Crippen molar-refractivity contribution in [1.82, 2.24) is 15.2 Å². The molecule has 0 atom stereocenters. The molecule has 2 amide bonds. The Morgan fingerprint density at radius 2 is 1.79 bits per heavy atom. The molecular formula is C19H21N3O2. The summed E-state index contributed by atoms with van der Waals surface area (Å²) in [5.41, 5.74) is 2.67. The molecule has 5 nitrogen and oxygen atoms in total. The van der Waals surface area contributed by atoms with Gasteiger partial charge in [0.15, 0.2) is 0 Å². The van der Waals surface area contributed by atoms with Crippen LogP contribution in [0.1, 0.15) is 34.5 Å². The van der Waals surface area contributed by atoms with E-state index in [0.717, 1.165) is 6.42 Å². The summed E-state index contributed by atoms with van der Waals surface area (Å²) in [7, 11) is 0. The number of H-pyrrole nitrogens is 1. The van der Waals surface area contributed by atoms with Crippen LogP contribution in [0, 0.1) is 5.41 Å². The van der Waals surface area contributed by atoms with Crippen LogP contribution in [0.5, 0.6) is 0 Å². The standard InChI is InChI=1S/C19H21N3O2/c23-17(16-6-3-9-20-16)22-10-7-19(8-11-22)12-14-4-1-2-5-15(14)13-21-18(19)24/h1-6,9,20H,7-8,10-13H2,(H,21,24). The Morgan fingerprint density at radius 3 is 2.50 bits per heavy atom. The molecule has 0 saturated carbocycles. The lowest BCUT2D eigenvalue weighted by molar-refractivity contribution is -0.133. The summed E-state index contributed by atoms with van der Waals surface area (Å²) in [6.45, 7) is 1.84. The summed E-state index contributed by atoms with van der Waals surface area (Å²) < 4.78 is 0. The molecule has 0 radical (unpaired) electrons. The van der Waals surface area contributed by atoms with E-state index >= 15 is 0 Å². The van der Waals surface area contributed by atoms with Gasteiger partial charge in [-0.2, -0.15) is 0 Å². The number of fused-ring (bicyclic) bond motifs is 1. The number of amides is 2. The molecular weight excluding hydrogens is 302 g/mol. The molecule has 2 aliphatic rings. The first-order valence-electron chi connectivity index (χ1n) is 8.46. The van der Waals surface area contributed by atoms with E-state index < -0.39 is 0 Å². The fourth-order valence-corrected chi connectivity index (χ4v) is 3.89. The van der Waals surface area contributed by atoms with E-state index in [2.05, 4.69) is 22.4 Å². The van der Waals surface area contributed by atoms with Crippen LogP contribution >= 0.6 is 0 Å². The molecule has 1 fully saturated rings. The average molecular weight is 323 g/mol. The molecule has 1 aromatic carbocycles. The Morgan fingerprint density at radius 1 is 1.04 bits per heavy atom. The maximum Gasteiger partial charge on any atom is 0.270 e. The van der Waals surface area contributed by atoms with Crippen molar-refractivity contribution < 1.29 is 9.59 Å². The van der Waals surface area contributed by atoms with Crippen molar-refractivity contribution in [3.8, 4) is 0 Å². The maximum atomic E-state index is 12.7. The number of aromatic amines is 1. The molecule has 2 aromatic rings. The largest absolute Gasteiger partial charge is 0.357 e. The number of likely N-dealkylation sites (tertiary alicyclic amines) is 1. The zero-order valence-electron chi connectivity index (χ0n) is 13.5. The van der Waals surface area contributed by atoms with E-state index in [-0.39, 0.29) is 17.2 Å². The highest BCUT2D eigenvalue weighted by Gasteiger charge is 2.43. The van der Waals surface area contributed by atoms with Gasteiger partial charge in [0, 0.05) is 25.8 Å². The summed E-state index contributed by atoms with van der Waals surface area (Å²) in [6, 6.07) is 11.9. The van der Waals surface area contributed by atoms with Crippen LogP contribution in [0.15, 0.2) is 42.6 Å². The van der Waals surface area contributed by atoms with Gasteiger partial charge >= 0.3 is 0 Å². The Labute approximate surface area is 141 Å². The summed E-state index contributed by atoms with van der Waals surface area (Å²) in [5.74, 6) is 0.148.